The van der Waals surface area contributed by atoms with Gasteiger partial charge in [0.15, 0.2) is 0 Å². The van der Waals surface area contributed by atoms with Crippen molar-refractivity contribution in [3.05, 3.63) is 23.8 Å². The number of nitrogens with two attached hydrogens (primary N) is 2. The van der Waals surface area contributed by atoms with Gasteiger partial charge < -0.3 is 11.6 Å². The van der Waals surface area contributed by atoms with Gasteiger partial charge in [-0.2, -0.15) is 0 Å². The lowest BCUT2D eigenvalue weighted by molar-refractivity contribution is 0.0993. The molecule has 0 radical (unpaired) electrons. The van der Waals surface area contributed by atoms with E-state index in [0.29, 0.717) is 0 Å². The molecule has 0 saturated heterocycles. The second-order valence-electron chi connectivity index (χ2n) is 1.82. The third kappa shape index (κ3) is 0.928. The van der Waals surface area contributed by atoms with E-state index in [2.05, 4.69) is 0 Å². The number of carbonyl (C=O) groups excluding carboxylic acids is 1. The summed E-state index contributed by atoms with van der Waals surface area (Å²) in [5.41, 5.74) is 4.78. The van der Waals surface area contributed by atoms with Crippen LogP contribution in [-0.4, -0.2) is 10.6 Å². The number of rotatable bonds is 1. The van der Waals surface area contributed by atoms with Crippen LogP contribution < -0.4 is 11.6 Å². The minimum Gasteiger partial charge on any atom is -0.364 e. The van der Waals surface area contributed by atoms with Gasteiger partial charge in [-0.3, -0.25) is 9.47 Å². The molecule has 0 fully saturated rings. The van der Waals surface area contributed by atoms with Crippen LogP contribution in [0.2, 0.25) is 0 Å². The van der Waals surface area contributed by atoms with Crippen molar-refractivity contribution in [3.8, 4) is 0 Å². The molecule has 0 aliphatic rings. The lowest BCUT2D eigenvalue weighted by Gasteiger charge is -1.94. The molecule has 0 spiro atoms. The summed E-state index contributed by atoms with van der Waals surface area (Å²) >= 11 is 0. The van der Waals surface area contributed by atoms with E-state index >= 15 is 0 Å². The van der Waals surface area contributed by atoms with E-state index in [1.54, 1.807) is 0 Å². The summed E-state index contributed by atoms with van der Waals surface area (Å²) in [4.78, 5) is 10.4. The number of amides is 1. The predicted octanol–water partition coefficient (Wildman–Crippen LogP) is -0.560. The number of halogens is 1. The van der Waals surface area contributed by atoms with Crippen LogP contribution in [0, 0.1) is 5.82 Å². The first-order valence-electron chi connectivity index (χ1n) is 2.54. The van der Waals surface area contributed by atoms with Crippen LogP contribution in [0.5, 0.6) is 0 Å². The highest BCUT2D eigenvalue weighted by Gasteiger charge is 2.07. The number of hydrogen-bond donors (Lipinski definition) is 2. The SMILES string of the molecule is NC(=O)c1cc(F)cn1N. The summed E-state index contributed by atoms with van der Waals surface area (Å²) in [5, 5.41) is 0. The van der Waals surface area contributed by atoms with E-state index < -0.39 is 11.7 Å². The first kappa shape index (κ1) is 6.60. The van der Waals surface area contributed by atoms with Crippen molar-refractivity contribution in [2.24, 2.45) is 5.73 Å². The summed E-state index contributed by atoms with van der Waals surface area (Å²) in [6.07, 6.45) is 0.972. The van der Waals surface area contributed by atoms with Gasteiger partial charge in [0.2, 0.25) is 0 Å². The summed E-state index contributed by atoms with van der Waals surface area (Å²) in [6.45, 7) is 0. The lowest BCUT2D eigenvalue weighted by atomic mass is 10.4. The van der Waals surface area contributed by atoms with E-state index in [1.807, 2.05) is 0 Å². The van der Waals surface area contributed by atoms with Gasteiger partial charge in [0, 0.05) is 6.07 Å². The Morgan fingerprint density at radius 3 is 2.50 bits per heavy atom. The topological polar surface area (TPSA) is 74.0 Å². The van der Waals surface area contributed by atoms with Gasteiger partial charge in [-0.05, 0) is 0 Å². The molecule has 1 heterocycles. The lowest BCUT2D eigenvalue weighted by Crippen LogP contribution is -2.20. The third-order valence-electron chi connectivity index (χ3n) is 1.07. The molecule has 0 aliphatic heterocycles. The molecule has 0 saturated carbocycles. The molecular formula is C5H6FN3O. The molecule has 1 amide bonds. The Bertz CT molecular complexity index is 268. The van der Waals surface area contributed by atoms with Crippen molar-refractivity contribution in [3.63, 3.8) is 0 Å². The third-order valence-corrected chi connectivity index (χ3v) is 1.07. The monoisotopic (exact) mass is 143 g/mol. The van der Waals surface area contributed by atoms with E-state index in [4.69, 9.17) is 11.6 Å². The molecule has 1 aromatic heterocycles. The Hall–Kier alpha value is -1.52. The normalized spacial score (nSPS) is 9.70. The minimum absolute atomic E-state index is 0.0440. The Labute approximate surface area is 56.2 Å². The van der Waals surface area contributed by atoms with Crippen LogP contribution >= 0.6 is 0 Å². The van der Waals surface area contributed by atoms with E-state index in [0.717, 1.165) is 16.9 Å². The number of nitrogen functional groups attached to an aromatic ring is 1. The highest BCUT2D eigenvalue weighted by molar-refractivity contribution is 5.91. The van der Waals surface area contributed by atoms with Gasteiger partial charge in [-0.15, -0.1) is 0 Å². The predicted molar refractivity (Wildman–Crippen MR) is 33.1 cm³/mol. The summed E-state index contributed by atoms with van der Waals surface area (Å²) in [5.74, 6) is 3.80. The Balaban J connectivity index is 3.15. The van der Waals surface area contributed by atoms with Crippen LogP contribution in [0.25, 0.3) is 0 Å². The van der Waals surface area contributed by atoms with Crippen molar-refractivity contribution in [2.45, 2.75) is 0 Å². The second kappa shape index (κ2) is 2.02. The molecule has 1 aromatic rings. The quantitative estimate of drug-likeness (QED) is 0.517. The molecule has 0 bridgehead atoms. The molecule has 10 heavy (non-hydrogen) atoms. The van der Waals surface area contributed by atoms with Crippen molar-refractivity contribution in [1.82, 2.24) is 4.68 Å². The van der Waals surface area contributed by atoms with Crippen LogP contribution in [0.1, 0.15) is 10.5 Å². The van der Waals surface area contributed by atoms with Gasteiger partial charge in [0.25, 0.3) is 5.91 Å². The minimum atomic E-state index is -0.744. The first-order valence-corrected chi connectivity index (χ1v) is 2.54. The molecule has 4 nitrogen and oxygen atoms in total. The number of aromatic nitrogens is 1. The Morgan fingerprint density at radius 1 is 1.70 bits per heavy atom. The molecule has 0 unspecified atom stereocenters. The van der Waals surface area contributed by atoms with Crippen LogP contribution in [-0.2, 0) is 0 Å². The number of carbonyl (C=O) groups is 1. The maximum atomic E-state index is 12.2. The summed E-state index contributed by atoms with van der Waals surface area (Å²) in [7, 11) is 0. The standard InChI is InChI=1S/C5H6FN3O/c6-3-1-4(5(7)10)9(8)2-3/h1-2H,8H2,(H2,7,10). The molecule has 0 atom stereocenters. The van der Waals surface area contributed by atoms with E-state index in [-0.39, 0.29) is 5.69 Å². The van der Waals surface area contributed by atoms with Gasteiger partial charge >= 0.3 is 0 Å². The van der Waals surface area contributed by atoms with Crippen molar-refractivity contribution >= 4 is 5.91 Å². The smallest absolute Gasteiger partial charge is 0.267 e. The van der Waals surface area contributed by atoms with E-state index in [1.165, 1.54) is 0 Å². The van der Waals surface area contributed by atoms with Gasteiger partial charge in [-0.1, -0.05) is 0 Å². The maximum absolute atomic E-state index is 12.2. The molecule has 1 rings (SSSR count). The Morgan fingerprint density at radius 2 is 2.30 bits per heavy atom. The highest BCUT2D eigenvalue weighted by Crippen LogP contribution is 2.01. The summed E-state index contributed by atoms with van der Waals surface area (Å²) in [6, 6.07) is 0.975. The average molecular weight is 143 g/mol. The number of hydrogen-bond acceptors (Lipinski definition) is 2. The Kier molecular flexibility index (Phi) is 1.33. The largest absolute Gasteiger partial charge is 0.364 e. The molecule has 0 aromatic carbocycles. The molecule has 54 valence electrons. The van der Waals surface area contributed by atoms with Crippen molar-refractivity contribution in [1.29, 1.82) is 0 Å². The zero-order valence-corrected chi connectivity index (χ0v) is 5.04. The fourth-order valence-electron chi connectivity index (χ4n) is 0.643. The van der Waals surface area contributed by atoms with Crippen LogP contribution in [0.3, 0.4) is 0 Å². The van der Waals surface area contributed by atoms with Gasteiger partial charge in [0.1, 0.15) is 11.5 Å². The van der Waals surface area contributed by atoms with Gasteiger partial charge in [0.05, 0.1) is 6.20 Å². The number of nitrogens with zero attached hydrogens (tertiary/aromatic N) is 1. The zero-order valence-electron chi connectivity index (χ0n) is 5.04. The second-order valence-corrected chi connectivity index (χ2v) is 1.82. The number of primary amides is 1. The molecular weight excluding hydrogens is 137 g/mol. The fraction of sp³-hybridized carbons (Fsp3) is 0. The average Bonchev–Trinajstić information content (AvgIpc) is 2.10. The van der Waals surface area contributed by atoms with Crippen LogP contribution in [0.15, 0.2) is 12.3 Å². The van der Waals surface area contributed by atoms with Gasteiger partial charge in [-0.25, -0.2) is 4.39 Å². The fourth-order valence-corrected chi connectivity index (χ4v) is 0.643. The summed E-state index contributed by atoms with van der Waals surface area (Å²) < 4.78 is 13.1. The zero-order chi connectivity index (χ0) is 7.72. The molecule has 5 heteroatoms. The maximum Gasteiger partial charge on any atom is 0.267 e. The highest BCUT2D eigenvalue weighted by atomic mass is 19.1. The molecule has 4 N–H and O–H groups in total. The molecule has 0 aliphatic carbocycles. The van der Waals surface area contributed by atoms with Crippen molar-refractivity contribution in [2.75, 3.05) is 5.84 Å². The van der Waals surface area contributed by atoms with Crippen molar-refractivity contribution < 1.29 is 9.18 Å². The first-order chi connectivity index (χ1) is 4.61. The van der Waals surface area contributed by atoms with Crippen LogP contribution in [0.4, 0.5) is 4.39 Å². The van der Waals surface area contributed by atoms with E-state index in [9.17, 15) is 9.18 Å².